The first-order valence-electron chi connectivity index (χ1n) is 10.7. The van der Waals surface area contributed by atoms with Crippen molar-refractivity contribution in [1.29, 1.82) is 0 Å². The van der Waals surface area contributed by atoms with Crippen LogP contribution in [0.5, 0.6) is 5.75 Å². The van der Waals surface area contributed by atoms with E-state index in [1.165, 1.54) is 30.1 Å². The largest absolute Gasteiger partial charge is 0.484 e. The second-order valence-electron chi connectivity index (χ2n) is 7.51. The molecule has 1 aliphatic heterocycles. The number of ether oxygens (including phenoxy) is 2. The molecule has 2 amide bonds. The maximum atomic E-state index is 11.9. The molecule has 1 atom stereocenters. The summed E-state index contributed by atoms with van der Waals surface area (Å²) < 4.78 is 10.9. The highest BCUT2D eigenvalue weighted by molar-refractivity contribution is 7.99. The Labute approximate surface area is 201 Å². The maximum absolute atomic E-state index is 11.9. The first-order chi connectivity index (χ1) is 16.5. The fourth-order valence-corrected chi connectivity index (χ4v) is 3.85. The summed E-state index contributed by atoms with van der Waals surface area (Å²) in [7, 11) is 0. The number of nitrogens with zero attached hydrogens (tertiary/aromatic N) is 2. The molecule has 0 aliphatic carbocycles. The molecular formula is C23H26N4O6S. The van der Waals surface area contributed by atoms with Gasteiger partial charge in [0.05, 0.1) is 23.0 Å². The van der Waals surface area contributed by atoms with E-state index in [4.69, 9.17) is 9.47 Å². The van der Waals surface area contributed by atoms with E-state index < -0.39 is 4.92 Å². The average Bonchev–Trinajstić information content (AvgIpc) is 3.36. The summed E-state index contributed by atoms with van der Waals surface area (Å²) in [5.41, 5.74) is 4.15. The fourth-order valence-electron chi connectivity index (χ4n) is 3.07. The van der Waals surface area contributed by atoms with Crippen LogP contribution in [-0.4, -0.2) is 54.6 Å². The van der Waals surface area contributed by atoms with Gasteiger partial charge >= 0.3 is 0 Å². The monoisotopic (exact) mass is 486 g/mol. The zero-order chi connectivity index (χ0) is 24.2. The lowest BCUT2D eigenvalue weighted by Gasteiger charge is -2.11. The molecule has 2 aromatic carbocycles. The van der Waals surface area contributed by atoms with Crippen LogP contribution >= 0.6 is 11.8 Å². The van der Waals surface area contributed by atoms with Crippen LogP contribution in [0.15, 0.2) is 53.6 Å². The number of carbonyl (C=O) groups excluding carboxylic acids is 2. The van der Waals surface area contributed by atoms with Gasteiger partial charge in [-0.15, -0.1) is 11.8 Å². The van der Waals surface area contributed by atoms with Crippen molar-refractivity contribution in [3.63, 3.8) is 0 Å². The quantitative estimate of drug-likeness (QED) is 0.268. The van der Waals surface area contributed by atoms with Crippen molar-refractivity contribution in [2.45, 2.75) is 24.7 Å². The van der Waals surface area contributed by atoms with Gasteiger partial charge in [0.15, 0.2) is 6.61 Å². The van der Waals surface area contributed by atoms with E-state index >= 15 is 0 Å². The van der Waals surface area contributed by atoms with Gasteiger partial charge in [-0.1, -0.05) is 12.1 Å². The van der Waals surface area contributed by atoms with Crippen LogP contribution in [0, 0.1) is 10.1 Å². The highest BCUT2D eigenvalue weighted by Crippen LogP contribution is 2.16. The van der Waals surface area contributed by atoms with Crippen LogP contribution in [0.2, 0.25) is 0 Å². The lowest BCUT2D eigenvalue weighted by Crippen LogP contribution is -2.35. The molecule has 180 valence electrons. The van der Waals surface area contributed by atoms with Gasteiger partial charge in [0.2, 0.25) is 5.91 Å². The third kappa shape index (κ3) is 8.83. The number of benzene rings is 2. The van der Waals surface area contributed by atoms with Crippen molar-refractivity contribution < 1.29 is 24.0 Å². The molecule has 0 saturated carbocycles. The predicted molar refractivity (Wildman–Crippen MR) is 129 cm³/mol. The van der Waals surface area contributed by atoms with E-state index in [2.05, 4.69) is 15.8 Å². The van der Waals surface area contributed by atoms with Crippen molar-refractivity contribution in [2.75, 3.05) is 25.5 Å². The first-order valence-corrected chi connectivity index (χ1v) is 11.9. The minimum absolute atomic E-state index is 0.0380. The lowest BCUT2D eigenvalue weighted by molar-refractivity contribution is -0.384. The van der Waals surface area contributed by atoms with E-state index in [9.17, 15) is 19.7 Å². The molecule has 3 rings (SSSR count). The summed E-state index contributed by atoms with van der Waals surface area (Å²) in [5, 5.41) is 17.4. The Morgan fingerprint density at radius 3 is 2.62 bits per heavy atom. The van der Waals surface area contributed by atoms with Gasteiger partial charge in [-0.2, -0.15) is 5.10 Å². The molecule has 10 nitrogen and oxygen atoms in total. The van der Waals surface area contributed by atoms with Crippen LogP contribution < -0.4 is 15.5 Å². The number of nitro benzene ring substituents is 1. The van der Waals surface area contributed by atoms with Crippen molar-refractivity contribution in [3.8, 4) is 5.75 Å². The van der Waals surface area contributed by atoms with Crippen LogP contribution in [0.1, 0.15) is 24.0 Å². The average molecular weight is 487 g/mol. The van der Waals surface area contributed by atoms with Gasteiger partial charge in [-0.25, -0.2) is 5.43 Å². The lowest BCUT2D eigenvalue weighted by atomic mass is 10.2. The van der Waals surface area contributed by atoms with E-state index in [0.29, 0.717) is 18.0 Å². The topological polar surface area (TPSA) is 132 Å². The van der Waals surface area contributed by atoms with Crippen molar-refractivity contribution in [2.24, 2.45) is 5.10 Å². The van der Waals surface area contributed by atoms with Crippen LogP contribution in [-0.2, 0) is 20.1 Å². The van der Waals surface area contributed by atoms with Crippen molar-refractivity contribution in [1.82, 2.24) is 10.7 Å². The van der Waals surface area contributed by atoms with Crippen LogP contribution in [0.3, 0.4) is 0 Å². The second kappa shape index (κ2) is 13.3. The maximum Gasteiger partial charge on any atom is 0.269 e. The summed E-state index contributed by atoms with van der Waals surface area (Å²) in [6.45, 7) is 1.17. The third-order valence-electron chi connectivity index (χ3n) is 4.85. The minimum Gasteiger partial charge on any atom is -0.484 e. The predicted octanol–water partition coefficient (Wildman–Crippen LogP) is 2.65. The standard InChI is InChI=1S/C23H26N4O6S/c28-22(24-13-21-2-1-11-32-21)14-33-20-9-5-17(6-10-20)12-25-26-23(29)16-34-15-18-3-7-19(8-4-18)27(30)31/h3-10,12,21H,1-2,11,13-16H2,(H,24,28)(H,26,29)/b25-12-/t21-/m1/s1. The molecule has 1 heterocycles. The summed E-state index contributed by atoms with van der Waals surface area (Å²) in [4.78, 5) is 34.0. The van der Waals surface area contributed by atoms with Crippen molar-refractivity contribution >= 4 is 35.5 Å². The fraction of sp³-hybridized carbons (Fsp3) is 0.348. The Hall–Kier alpha value is -3.44. The van der Waals surface area contributed by atoms with E-state index in [0.717, 1.165) is 30.6 Å². The number of carbonyl (C=O) groups is 2. The van der Waals surface area contributed by atoms with Gasteiger partial charge in [-0.3, -0.25) is 19.7 Å². The Morgan fingerprint density at radius 2 is 1.94 bits per heavy atom. The molecule has 2 aromatic rings. The van der Waals surface area contributed by atoms with Crippen molar-refractivity contribution in [3.05, 3.63) is 69.8 Å². The number of hydrogen-bond donors (Lipinski definition) is 2. The molecule has 0 unspecified atom stereocenters. The number of amides is 2. The van der Waals surface area contributed by atoms with Gasteiger partial charge in [0.1, 0.15) is 5.75 Å². The highest BCUT2D eigenvalue weighted by atomic mass is 32.2. The summed E-state index contributed by atoms with van der Waals surface area (Å²) >= 11 is 1.38. The molecule has 0 radical (unpaired) electrons. The molecule has 1 aliphatic rings. The number of nitrogens with one attached hydrogen (secondary N) is 2. The third-order valence-corrected chi connectivity index (χ3v) is 5.86. The zero-order valence-corrected chi connectivity index (χ0v) is 19.3. The first kappa shape index (κ1) is 25.2. The summed E-state index contributed by atoms with van der Waals surface area (Å²) in [5.74, 6) is 0.863. The van der Waals surface area contributed by atoms with Gasteiger partial charge in [0, 0.05) is 31.0 Å². The molecular weight excluding hydrogens is 460 g/mol. The van der Waals surface area contributed by atoms with E-state index in [-0.39, 0.29) is 36.0 Å². The van der Waals surface area contributed by atoms with Crippen LogP contribution in [0.25, 0.3) is 0 Å². The highest BCUT2D eigenvalue weighted by Gasteiger charge is 2.16. The summed E-state index contributed by atoms with van der Waals surface area (Å²) in [6, 6.07) is 13.2. The molecule has 0 bridgehead atoms. The smallest absolute Gasteiger partial charge is 0.269 e. The van der Waals surface area contributed by atoms with Gasteiger partial charge in [-0.05, 0) is 48.2 Å². The number of non-ortho nitro benzene ring substituents is 1. The molecule has 1 fully saturated rings. The molecule has 34 heavy (non-hydrogen) atoms. The molecule has 1 saturated heterocycles. The van der Waals surface area contributed by atoms with Crippen LogP contribution in [0.4, 0.5) is 5.69 Å². The zero-order valence-electron chi connectivity index (χ0n) is 18.5. The Morgan fingerprint density at radius 1 is 1.18 bits per heavy atom. The van der Waals surface area contributed by atoms with E-state index in [1.807, 2.05) is 0 Å². The molecule has 0 spiro atoms. The number of nitro groups is 1. The molecule has 0 aromatic heterocycles. The molecule has 11 heteroatoms. The van der Waals surface area contributed by atoms with Gasteiger partial charge in [0.25, 0.3) is 11.6 Å². The SMILES string of the molecule is O=C(COc1ccc(/C=N\NC(=O)CSCc2ccc([N+](=O)[O-])cc2)cc1)NC[C@H]1CCCO1. The number of thioether (sulfide) groups is 1. The number of rotatable bonds is 12. The van der Waals surface area contributed by atoms with Gasteiger partial charge < -0.3 is 14.8 Å². The second-order valence-corrected chi connectivity index (χ2v) is 8.49. The summed E-state index contributed by atoms with van der Waals surface area (Å²) in [6.07, 6.45) is 3.60. The Bertz CT molecular complexity index is 992. The number of hydrazone groups is 1. The number of hydrogen-bond acceptors (Lipinski definition) is 8. The van der Waals surface area contributed by atoms with E-state index in [1.54, 1.807) is 36.4 Å². The molecule has 2 N–H and O–H groups in total. The normalized spacial score (nSPS) is 15.2. The Balaban J connectivity index is 1.30. The Kier molecular flexibility index (Phi) is 9.86. The minimum atomic E-state index is -0.448.